The lowest BCUT2D eigenvalue weighted by molar-refractivity contribution is 0.0937. The summed E-state index contributed by atoms with van der Waals surface area (Å²) < 4.78 is 5.29. The van der Waals surface area contributed by atoms with Gasteiger partial charge in [0.2, 0.25) is 0 Å². The SMILES string of the molecule is CCCCN(CC)Cc1cccc(C(N)NC(=O)c2ccc(OCC)c(O)c2)c1. The van der Waals surface area contributed by atoms with Crippen molar-refractivity contribution in [2.24, 2.45) is 5.73 Å². The maximum atomic E-state index is 12.5. The normalized spacial score (nSPS) is 12.0. The molecular formula is C23H33N3O3. The number of carbonyl (C=O) groups is 1. The second kappa shape index (κ2) is 11.4. The van der Waals surface area contributed by atoms with E-state index in [0.29, 0.717) is 17.9 Å². The largest absolute Gasteiger partial charge is 0.504 e. The Kier molecular flexibility index (Phi) is 8.96. The highest BCUT2D eigenvalue weighted by atomic mass is 16.5. The predicted octanol–water partition coefficient (Wildman–Crippen LogP) is 3.80. The molecule has 0 bridgehead atoms. The van der Waals surface area contributed by atoms with E-state index in [9.17, 15) is 9.90 Å². The Balaban J connectivity index is 2.03. The zero-order valence-electron chi connectivity index (χ0n) is 17.6. The number of hydrogen-bond acceptors (Lipinski definition) is 5. The van der Waals surface area contributed by atoms with E-state index in [0.717, 1.165) is 25.2 Å². The third-order valence-corrected chi connectivity index (χ3v) is 4.80. The van der Waals surface area contributed by atoms with Crippen LogP contribution in [0.2, 0.25) is 0 Å². The number of nitrogens with zero attached hydrogens (tertiary/aromatic N) is 1. The number of unbranched alkanes of at least 4 members (excludes halogenated alkanes) is 1. The first kappa shape index (κ1) is 22.7. The minimum absolute atomic E-state index is 0.0678. The maximum Gasteiger partial charge on any atom is 0.252 e. The van der Waals surface area contributed by atoms with Crippen LogP contribution in [0.1, 0.15) is 61.3 Å². The fourth-order valence-corrected chi connectivity index (χ4v) is 3.12. The van der Waals surface area contributed by atoms with Gasteiger partial charge in [0.25, 0.3) is 5.91 Å². The van der Waals surface area contributed by atoms with Crippen LogP contribution in [-0.2, 0) is 6.54 Å². The molecule has 0 saturated heterocycles. The molecule has 0 aromatic heterocycles. The molecule has 0 aliphatic heterocycles. The predicted molar refractivity (Wildman–Crippen MR) is 116 cm³/mol. The first-order chi connectivity index (χ1) is 14.0. The lowest BCUT2D eigenvalue weighted by Crippen LogP contribution is -2.34. The van der Waals surface area contributed by atoms with E-state index >= 15 is 0 Å². The van der Waals surface area contributed by atoms with Crippen molar-refractivity contribution in [1.82, 2.24) is 10.2 Å². The van der Waals surface area contributed by atoms with Gasteiger partial charge in [0.05, 0.1) is 6.61 Å². The average Bonchev–Trinajstić information content (AvgIpc) is 2.72. The zero-order valence-corrected chi connectivity index (χ0v) is 17.6. The number of ether oxygens (including phenoxy) is 1. The number of carbonyl (C=O) groups excluding carboxylic acids is 1. The van der Waals surface area contributed by atoms with Crippen molar-refractivity contribution >= 4 is 5.91 Å². The van der Waals surface area contributed by atoms with E-state index in [1.807, 2.05) is 25.1 Å². The van der Waals surface area contributed by atoms with Crippen LogP contribution in [0, 0.1) is 0 Å². The van der Waals surface area contributed by atoms with Crippen molar-refractivity contribution in [3.8, 4) is 11.5 Å². The Morgan fingerprint density at radius 1 is 1.21 bits per heavy atom. The molecule has 1 atom stereocenters. The first-order valence-corrected chi connectivity index (χ1v) is 10.3. The number of nitrogens with one attached hydrogen (secondary N) is 1. The van der Waals surface area contributed by atoms with Gasteiger partial charge in [-0.1, -0.05) is 44.5 Å². The summed E-state index contributed by atoms with van der Waals surface area (Å²) in [7, 11) is 0. The third kappa shape index (κ3) is 6.76. The summed E-state index contributed by atoms with van der Waals surface area (Å²) in [5.41, 5.74) is 8.57. The van der Waals surface area contributed by atoms with Gasteiger partial charge < -0.3 is 20.9 Å². The molecule has 6 nitrogen and oxygen atoms in total. The lowest BCUT2D eigenvalue weighted by Gasteiger charge is -2.21. The number of aromatic hydroxyl groups is 1. The van der Waals surface area contributed by atoms with Crippen LogP contribution in [0.5, 0.6) is 11.5 Å². The van der Waals surface area contributed by atoms with Crippen LogP contribution < -0.4 is 15.8 Å². The Labute approximate surface area is 173 Å². The van der Waals surface area contributed by atoms with Gasteiger partial charge in [-0.2, -0.15) is 0 Å². The van der Waals surface area contributed by atoms with Crippen LogP contribution in [-0.4, -0.2) is 35.6 Å². The molecule has 2 rings (SSSR count). The van der Waals surface area contributed by atoms with Gasteiger partial charge in [0.1, 0.15) is 6.17 Å². The number of benzene rings is 2. The molecule has 1 unspecified atom stereocenters. The smallest absolute Gasteiger partial charge is 0.252 e. The molecule has 0 fully saturated rings. The number of nitrogens with two attached hydrogens (primary N) is 1. The number of rotatable bonds is 11. The van der Waals surface area contributed by atoms with E-state index in [1.165, 1.54) is 24.5 Å². The van der Waals surface area contributed by atoms with Crippen molar-refractivity contribution in [2.75, 3.05) is 19.7 Å². The summed E-state index contributed by atoms with van der Waals surface area (Å²) >= 11 is 0. The fourth-order valence-electron chi connectivity index (χ4n) is 3.12. The van der Waals surface area contributed by atoms with E-state index in [4.69, 9.17) is 10.5 Å². The van der Waals surface area contributed by atoms with Gasteiger partial charge in [0.15, 0.2) is 11.5 Å². The van der Waals surface area contributed by atoms with Crippen molar-refractivity contribution in [1.29, 1.82) is 0 Å². The van der Waals surface area contributed by atoms with Crippen molar-refractivity contribution in [2.45, 2.75) is 46.3 Å². The monoisotopic (exact) mass is 399 g/mol. The Morgan fingerprint density at radius 3 is 2.66 bits per heavy atom. The Morgan fingerprint density at radius 2 is 2.00 bits per heavy atom. The number of amides is 1. The quantitative estimate of drug-likeness (QED) is 0.500. The summed E-state index contributed by atoms with van der Waals surface area (Å²) in [4.78, 5) is 14.9. The molecule has 0 aliphatic carbocycles. The van der Waals surface area contributed by atoms with Gasteiger partial charge in [-0.25, -0.2) is 0 Å². The summed E-state index contributed by atoms with van der Waals surface area (Å²) in [5.74, 6) is -0.0641. The maximum absolute atomic E-state index is 12.5. The highest BCUT2D eigenvalue weighted by molar-refractivity contribution is 5.95. The van der Waals surface area contributed by atoms with Crippen LogP contribution in [0.4, 0.5) is 0 Å². The van der Waals surface area contributed by atoms with Gasteiger partial charge in [-0.3, -0.25) is 9.69 Å². The van der Waals surface area contributed by atoms with Crippen LogP contribution in [0.15, 0.2) is 42.5 Å². The Bertz CT molecular complexity index is 795. The van der Waals surface area contributed by atoms with Crippen molar-refractivity contribution < 1.29 is 14.6 Å². The molecule has 158 valence electrons. The summed E-state index contributed by atoms with van der Waals surface area (Å²) in [6.07, 6.45) is 1.72. The van der Waals surface area contributed by atoms with Crippen molar-refractivity contribution in [3.05, 3.63) is 59.2 Å². The molecule has 2 aromatic rings. The lowest BCUT2D eigenvalue weighted by atomic mass is 10.1. The minimum Gasteiger partial charge on any atom is -0.504 e. The molecule has 0 heterocycles. The molecule has 0 spiro atoms. The number of phenolic OH excluding ortho intramolecular Hbond substituents is 1. The van der Waals surface area contributed by atoms with Gasteiger partial charge >= 0.3 is 0 Å². The second-order valence-electron chi connectivity index (χ2n) is 7.03. The van der Waals surface area contributed by atoms with Crippen LogP contribution in [0.25, 0.3) is 0 Å². The molecule has 0 saturated carbocycles. The van der Waals surface area contributed by atoms with E-state index in [1.54, 1.807) is 12.1 Å². The molecule has 1 amide bonds. The Hall–Kier alpha value is -2.57. The minimum atomic E-state index is -0.637. The molecule has 0 aliphatic rings. The highest BCUT2D eigenvalue weighted by Gasteiger charge is 2.15. The molecule has 0 radical (unpaired) electrons. The van der Waals surface area contributed by atoms with Crippen molar-refractivity contribution in [3.63, 3.8) is 0 Å². The summed E-state index contributed by atoms with van der Waals surface area (Å²) in [5, 5.41) is 12.8. The van der Waals surface area contributed by atoms with E-state index in [-0.39, 0.29) is 11.7 Å². The zero-order chi connectivity index (χ0) is 21.2. The van der Waals surface area contributed by atoms with Crippen LogP contribution >= 0.6 is 0 Å². The molecule has 29 heavy (non-hydrogen) atoms. The summed E-state index contributed by atoms with van der Waals surface area (Å²) in [6.45, 7) is 9.55. The summed E-state index contributed by atoms with van der Waals surface area (Å²) in [6, 6.07) is 12.6. The number of phenols is 1. The highest BCUT2D eigenvalue weighted by Crippen LogP contribution is 2.27. The van der Waals surface area contributed by atoms with E-state index in [2.05, 4.69) is 30.1 Å². The first-order valence-electron chi connectivity index (χ1n) is 10.3. The molecule has 2 aromatic carbocycles. The van der Waals surface area contributed by atoms with Gasteiger partial charge in [-0.05, 0) is 55.8 Å². The third-order valence-electron chi connectivity index (χ3n) is 4.80. The molecule has 6 heteroatoms. The van der Waals surface area contributed by atoms with Gasteiger partial charge in [0, 0.05) is 12.1 Å². The standard InChI is InChI=1S/C23H33N3O3/c1-4-7-13-26(5-2)16-17-9-8-10-18(14-17)22(24)25-23(28)19-11-12-21(29-6-3)20(27)15-19/h8-12,14-15,22,27H,4-7,13,16,24H2,1-3H3,(H,25,28). The van der Waals surface area contributed by atoms with E-state index < -0.39 is 6.17 Å². The van der Waals surface area contributed by atoms with Gasteiger partial charge in [-0.15, -0.1) is 0 Å². The topological polar surface area (TPSA) is 87.8 Å². The molecule has 4 N–H and O–H groups in total. The second-order valence-corrected chi connectivity index (χ2v) is 7.03. The average molecular weight is 400 g/mol. The fraction of sp³-hybridized carbons (Fsp3) is 0.435. The number of hydrogen-bond donors (Lipinski definition) is 3. The molecular weight excluding hydrogens is 366 g/mol. The van der Waals surface area contributed by atoms with Crippen LogP contribution in [0.3, 0.4) is 0 Å².